The molecule has 0 aliphatic rings. The van der Waals surface area contributed by atoms with E-state index in [1.165, 1.54) is 7.11 Å². The molecule has 0 radical (unpaired) electrons. The molecule has 2 heterocycles. The van der Waals surface area contributed by atoms with Gasteiger partial charge >= 0.3 is 0 Å². The van der Waals surface area contributed by atoms with Crippen molar-refractivity contribution in [1.82, 2.24) is 14.6 Å². The molecule has 0 atom stereocenters. The van der Waals surface area contributed by atoms with Crippen molar-refractivity contribution < 1.29 is 9.53 Å². The lowest BCUT2D eigenvalue weighted by Gasteiger charge is -2.05. The van der Waals surface area contributed by atoms with Crippen LogP contribution in [0.25, 0.3) is 5.65 Å². The molecule has 6 nitrogen and oxygen atoms in total. The maximum absolute atomic E-state index is 11.0. The Morgan fingerprint density at radius 2 is 2.00 bits per heavy atom. The monoisotopic (exact) mass is 236 g/mol. The molecule has 0 bridgehead atoms. The van der Waals surface area contributed by atoms with Gasteiger partial charge in [-0.25, -0.2) is 4.40 Å². The fourth-order valence-corrected chi connectivity index (χ4v) is 1.42. The van der Waals surface area contributed by atoms with Gasteiger partial charge in [-0.3, -0.25) is 4.79 Å². The van der Waals surface area contributed by atoms with Crippen LogP contribution in [0.5, 0.6) is 5.88 Å². The number of amides is 1. The Kier molecular flexibility index (Phi) is 4.03. The van der Waals surface area contributed by atoms with E-state index in [1.807, 2.05) is 13.8 Å². The third-order valence-electron chi connectivity index (χ3n) is 2.13. The minimum Gasteiger partial charge on any atom is -0.482 e. The van der Waals surface area contributed by atoms with Crippen LogP contribution in [0.1, 0.15) is 30.0 Å². The van der Waals surface area contributed by atoms with Gasteiger partial charge in [-0.15, -0.1) is 10.2 Å². The number of nitrogens with two attached hydrogens (primary N) is 1. The van der Waals surface area contributed by atoms with E-state index < -0.39 is 5.91 Å². The number of fused-ring (bicyclic) bond motifs is 1. The maximum Gasteiger partial charge on any atom is 0.249 e. The SMILES string of the molecule is CC.COc1cc(C(N)=O)cc2nnc(C)n12. The van der Waals surface area contributed by atoms with Gasteiger partial charge in [0.2, 0.25) is 11.8 Å². The Bertz CT molecular complexity index is 533. The van der Waals surface area contributed by atoms with Crippen LogP contribution >= 0.6 is 0 Å². The number of carbonyl (C=O) groups is 1. The Balaban J connectivity index is 0.000000686. The van der Waals surface area contributed by atoms with E-state index in [1.54, 1.807) is 23.5 Å². The second kappa shape index (κ2) is 5.29. The van der Waals surface area contributed by atoms with Gasteiger partial charge in [0.05, 0.1) is 7.11 Å². The van der Waals surface area contributed by atoms with E-state index in [4.69, 9.17) is 10.5 Å². The molecule has 0 unspecified atom stereocenters. The highest BCUT2D eigenvalue weighted by atomic mass is 16.5. The number of aromatic nitrogens is 3. The number of methoxy groups -OCH3 is 1. The van der Waals surface area contributed by atoms with Gasteiger partial charge in [-0.1, -0.05) is 13.8 Å². The first-order valence-electron chi connectivity index (χ1n) is 5.33. The fraction of sp³-hybridized carbons (Fsp3) is 0.364. The number of primary amides is 1. The molecule has 2 rings (SSSR count). The second-order valence-electron chi connectivity index (χ2n) is 3.09. The smallest absolute Gasteiger partial charge is 0.249 e. The summed E-state index contributed by atoms with van der Waals surface area (Å²) >= 11 is 0. The summed E-state index contributed by atoms with van der Waals surface area (Å²) in [6.45, 7) is 5.80. The topological polar surface area (TPSA) is 82.5 Å². The summed E-state index contributed by atoms with van der Waals surface area (Å²) in [5.41, 5.74) is 6.08. The van der Waals surface area contributed by atoms with Gasteiger partial charge in [-0.2, -0.15) is 0 Å². The van der Waals surface area contributed by atoms with Crippen molar-refractivity contribution in [2.45, 2.75) is 20.8 Å². The van der Waals surface area contributed by atoms with Crippen molar-refractivity contribution in [2.24, 2.45) is 5.73 Å². The van der Waals surface area contributed by atoms with Crippen LogP contribution < -0.4 is 10.5 Å². The van der Waals surface area contributed by atoms with Gasteiger partial charge in [0.25, 0.3) is 0 Å². The highest BCUT2D eigenvalue weighted by Crippen LogP contribution is 2.17. The summed E-state index contributed by atoms with van der Waals surface area (Å²) in [4.78, 5) is 11.0. The Morgan fingerprint density at radius 1 is 1.35 bits per heavy atom. The molecule has 92 valence electrons. The standard InChI is InChI=1S/C9H10N4O2.C2H6/c1-5-11-12-7-3-6(9(10)14)4-8(15-2)13(5)7;1-2/h3-4H,1-2H3,(H2,10,14);1-2H3. The molecule has 0 fully saturated rings. The van der Waals surface area contributed by atoms with Crippen LogP contribution in [-0.2, 0) is 0 Å². The molecule has 1 amide bonds. The fourth-order valence-electron chi connectivity index (χ4n) is 1.42. The molecule has 0 saturated carbocycles. The van der Waals surface area contributed by atoms with Crippen LogP contribution in [0.4, 0.5) is 0 Å². The Labute approximate surface area is 99.4 Å². The van der Waals surface area contributed by atoms with Crippen molar-refractivity contribution in [3.63, 3.8) is 0 Å². The molecule has 2 aromatic heterocycles. The predicted octanol–water partition coefficient (Wildman–Crippen LogP) is 1.17. The average molecular weight is 236 g/mol. The number of hydrogen-bond acceptors (Lipinski definition) is 4. The molecule has 0 saturated heterocycles. The van der Waals surface area contributed by atoms with Gasteiger partial charge < -0.3 is 10.5 Å². The maximum atomic E-state index is 11.0. The van der Waals surface area contributed by atoms with Gasteiger partial charge in [0.15, 0.2) is 5.65 Å². The first kappa shape index (κ1) is 13.0. The number of nitrogens with zero attached hydrogens (tertiary/aromatic N) is 3. The zero-order chi connectivity index (χ0) is 13.0. The lowest BCUT2D eigenvalue weighted by Crippen LogP contribution is -2.12. The van der Waals surface area contributed by atoms with Crippen LogP contribution in [0, 0.1) is 6.92 Å². The second-order valence-corrected chi connectivity index (χ2v) is 3.09. The number of aryl methyl sites for hydroxylation is 1. The van der Waals surface area contributed by atoms with E-state index in [-0.39, 0.29) is 0 Å². The number of hydrogen-bond donors (Lipinski definition) is 1. The third kappa shape index (κ3) is 2.35. The molecular formula is C11H16N4O2. The minimum atomic E-state index is -0.517. The number of rotatable bonds is 2. The van der Waals surface area contributed by atoms with Crippen molar-refractivity contribution in [1.29, 1.82) is 0 Å². The zero-order valence-corrected chi connectivity index (χ0v) is 10.4. The number of pyridine rings is 1. The van der Waals surface area contributed by atoms with E-state index in [9.17, 15) is 4.79 Å². The van der Waals surface area contributed by atoms with E-state index in [2.05, 4.69) is 10.2 Å². The van der Waals surface area contributed by atoms with Crippen LogP contribution in [-0.4, -0.2) is 27.6 Å². The summed E-state index contributed by atoms with van der Waals surface area (Å²) in [5, 5.41) is 7.78. The summed E-state index contributed by atoms with van der Waals surface area (Å²) in [6.07, 6.45) is 0. The van der Waals surface area contributed by atoms with Crippen molar-refractivity contribution in [3.8, 4) is 5.88 Å². The highest BCUT2D eigenvalue weighted by Gasteiger charge is 2.11. The third-order valence-corrected chi connectivity index (χ3v) is 2.13. The minimum absolute atomic E-state index is 0.353. The Morgan fingerprint density at radius 3 is 2.53 bits per heavy atom. The highest BCUT2D eigenvalue weighted by molar-refractivity contribution is 5.94. The lowest BCUT2D eigenvalue weighted by molar-refractivity contribution is 0.1000. The lowest BCUT2D eigenvalue weighted by atomic mass is 10.2. The number of carbonyl (C=O) groups excluding carboxylic acids is 1. The zero-order valence-electron chi connectivity index (χ0n) is 10.4. The molecule has 0 aromatic carbocycles. The van der Waals surface area contributed by atoms with E-state index in [0.717, 1.165) is 0 Å². The van der Waals surface area contributed by atoms with E-state index in [0.29, 0.717) is 22.9 Å². The van der Waals surface area contributed by atoms with Crippen molar-refractivity contribution in [2.75, 3.05) is 7.11 Å². The summed E-state index contributed by atoms with van der Waals surface area (Å²) in [6, 6.07) is 3.14. The normalized spacial score (nSPS) is 9.65. The van der Waals surface area contributed by atoms with Gasteiger partial charge in [-0.05, 0) is 13.0 Å². The first-order chi connectivity index (χ1) is 8.13. The Hall–Kier alpha value is -2.11. The van der Waals surface area contributed by atoms with Crippen molar-refractivity contribution >= 4 is 11.6 Å². The van der Waals surface area contributed by atoms with Gasteiger partial charge in [0, 0.05) is 11.6 Å². The summed E-state index contributed by atoms with van der Waals surface area (Å²) in [5.74, 6) is 0.665. The summed E-state index contributed by atoms with van der Waals surface area (Å²) in [7, 11) is 1.51. The first-order valence-corrected chi connectivity index (χ1v) is 5.33. The quantitative estimate of drug-likeness (QED) is 0.848. The largest absolute Gasteiger partial charge is 0.482 e. The molecule has 0 spiro atoms. The molecular weight excluding hydrogens is 220 g/mol. The molecule has 2 N–H and O–H groups in total. The average Bonchev–Trinajstić information content (AvgIpc) is 2.72. The number of ether oxygens (including phenoxy) is 1. The molecule has 6 heteroatoms. The van der Waals surface area contributed by atoms with Crippen LogP contribution in [0.2, 0.25) is 0 Å². The van der Waals surface area contributed by atoms with Crippen LogP contribution in [0.3, 0.4) is 0 Å². The predicted molar refractivity (Wildman–Crippen MR) is 64.1 cm³/mol. The summed E-state index contributed by atoms with van der Waals surface area (Å²) < 4.78 is 6.83. The molecule has 0 aliphatic carbocycles. The van der Waals surface area contributed by atoms with Crippen molar-refractivity contribution in [3.05, 3.63) is 23.5 Å². The molecule has 2 aromatic rings. The molecule has 17 heavy (non-hydrogen) atoms. The molecule has 0 aliphatic heterocycles. The van der Waals surface area contributed by atoms with Crippen LogP contribution in [0.15, 0.2) is 12.1 Å². The van der Waals surface area contributed by atoms with Gasteiger partial charge in [0.1, 0.15) is 5.82 Å². The van der Waals surface area contributed by atoms with E-state index >= 15 is 0 Å².